The number of likely N-dealkylation sites (N-methyl/N-ethyl adjacent to an activating group) is 2. The fourth-order valence-electron chi connectivity index (χ4n) is 14.1. The molecular weight excluding hydrogens is 1270 g/mol. The number of Topliss-reactive ketones (excluding diaryl/α,β-unsaturated/α-hetero) is 3. The molecule has 0 aliphatic carbocycles. The molecule has 0 radical (unpaired) electrons. The number of primary amides is 1. The Kier molecular flexibility index (Phi) is 35.9. The Balaban J connectivity index is 1.37. The van der Waals surface area contributed by atoms with Crippen LogP contribution in [-0.4, -0.2) is 200 Å². The molecule has 2 aliphatic rings. The molecule has 2 heterocycles. The molecule has 2 aliphatic heterocycles. The predicted octanol–water partition coefficient (Wildman–Crippen LogP) is 7.86. The molecule has 554 valence electrons. The number of piperidine rings is 1. The number of benzene rings is 2. The van der Waals surface area contributed by atoms with Gasteiger partial charge in [-0.15, -0.1) is 0 Å². The number of hydrogen-bond acceptors (Lipinski definition) is 15. The molecule has 0 saturated carbocycles. The van der Waals surface area contributed by atoms with Crippen LogP contribution in [0.5, 0.6) is 0 Å². The summed E-state index contributed by atoms with van der Waals surface area (Å²) in [5.74, 6) is -6.60. The molecule has 2 aromatic carbocycles. The summed E-state index contributed by atoms with van der Waals surface area (Å²) in [6.45, 7) is 20.4. The lowest BCUT2D eigenvalue weighted by molar-refractivity contribution is -0.149. The van der Waals surface area contributed by atoms with Gasteiger partial charge in [-0.05, 0) is 119 Å². The zero-order valence-corrected chi connectivity index (χ0v) is 61.8. The van der Waals surface area contributed by atoms with E-state index in [9.17, 15) is 57.8 Å². The number of nitrogens with zero attached hydrogens (tertiary/aromatic N) is 4. The number of carbonyl (C=O) groups excluding carboxylic acids is 10. The van der Waals surface area contributed by atoms with E-state index in [0.29, 0.717) is 82.3 Å². The number of likely N-dealkylation sites (tertiary alicyclic amines) is 2. The third-order valence-corrected chi connectivity index (χ3v) is 20.1. The second-order valence-electron chi connectivity index (χ2n) is 28.9. The molecule has 8 amide bonds. The van der Waals surface area contributed by atoms with Crippen molar-refractivity contribution in [3.05, 3.63) is 65.7 Å². The van der Waals surface area contributed by atoms with Gasteiger partial charge in [0.15, 0.2) is 17.3 Å². The largest absolute Gasteiger partial charge is 0.481 e. The molecule has 12 atom stereocenters. The van der Waals surface area contributed by atoms with Crippen molar-refractivity contribution in [2.75, 3.05) is 73.5 Å². The first-order valence-electron chi connectivity index (χ1n) is 35.8. The number of rotatable bonds is 44. The minimum Gasteiger partial charge on any atom is -0.481 e. The van der Waals surface area contributed by atoms with Gasteiger partial charge in [-0.2, -0.15) is 0 Å². The minimum absolute atomic E-state index is 0.0103. The van der Waals surface area contributed by atoms with Crippen LogP contribution < -0.4 is 27.0 Å². The van der Waals surface area contributed by atoms with Gasteiger partial charge in [0.05, 0.1) is 61.2 Å². The van der Waals surface area contributed by atoms with E-state index in [1.807, 2.05) is 97.8 Å². The van der Waals surface area contributed by atoms with Crippen LogP contribution in [0.1, 0.15) is 170 Å². The number of nitrogens with one attached hydrogen (secondary N) is 4. The number of carboxylic acid groups (broad SMARTS) is 1. The molecule has 24 nitrogen and oxygen atoms in total. The smallest absolute Gasteiger partial charge is 0.312 e. The number of carbonyl (C=O) groups is 11. The van der Waals surface area contributed by atoms with Gasteiger partial charge in [0.25, 0.3) is 0 Å². The van der Waals surface area contributed by atoms with Gasteiger partial charge in [-0.3, -0.25) is 52.8 Å². The lowest BCUT2D eigenvalue weighted by Gasteiger charge is -2.41. The van der Waals surface area contributed by atoms with Crippen LogP contribution in [0, 0.1) is 53.3 Å². The van der Waals surface area contributed by atoms with E-state index in [2.05, 4.69) is 21.3 Å². The van der Waals surface area contributed by atoms with Gasteiger partial charge < -0.3 is 61.0 Å². The van der Waals surface area contributed by atoms with Crippen LogP contribution in [0.25, 0.3) is 0 Å². The highest BCUT2D eigenvalue weighted by atomic mass is 16.5. The topological polar surface area (TPSA) is 323 Å². The second kappa shape index (κ2) is 42.2. The number of methoxy groups -OCH3 is 2. The SMILES string of the molecule is CC[C@H](C)[C@@H]([C@@H](CC(=O)N1CCC[C@H]1[C@H](OC)[C@@H](C)C(=O)N[C@@H](Cc1ccccc1)C[C@H](C)C(=O)COCc1ccc(NC(=O)[C@@H](CCCNC(N)=O)CC(=O)[C@H](NC(=O)CCCC(=O)N2CCC(C(=O)O)CC2)C(C)C)cc1)OC)N(C)C(=O)[C@@H](CC(=O)[C@H](C(C)C)N(C)C)C(C)C. The van der Waals surface area contributed by atoms with Crippen LogP contribution in [0.3, 0.4) is 0 Å². The van der Waals surface area contributed by atoms with Crippen LogP contribution in [0.15, 0.2) is 54.6 Å². The van der Waals surface area contributed by atoms with E-state index in [4.69, 9.17) is 19.9 Å². The molecule has 0 bridgehead atoms. The molecule has 24 heteroatoms. The summed E-state index contributed by atoms with van der Waals surface area (Å²) in [7, 11) is 8.63. The molecule has 2 aromatic rings. The van der Waals surface area contributed by atoms with Crippen molar-refractivity contribution in [1.82, 2.24) is 35.6 Å². The Bertz CT molecular complexity index is 2930. The average molecular weight is 1390 g/mol. The zero-order valence-electron chi connectivity index (χ0n) is 61.8. The third kappa shape index (κ3) is 26.7. The zero-order chi connectivity index (χ0) is 73.8. The number of ether oxygens (including phenoxy) is 3. The Morgan fingerprint density at radius 1 is 0.697 bits per heavy atom. The lowest BCUT2D eigenvalue weighted by Crippen LogP contribution is -2.54. The van der Waals surface area contributed by atoms with Gasteiger partial charge in [-0.25, -0.2) is 4.79 Å². The maximum atomic E-state index is 14.7. The number of urea groups is 1. The fraction of sp³-hybridized carbons (Fsp3) is 0.693. The van der Waals surface area contributed by atoms with E-state index in [0.717, 1.165) is 5.56 Å². The van der Waals surface area contributed by atoms with E-state index >= 15 is 0 Å². The Morgan fingerprint density at radius 2 is 1.35 bits per heavy atom. The number of aliphatic carboxylic acids is 1. The molecule has 4 rings (SSSR count). The van der Waals surface area contributed by atoms with Crippen molar-refractivity contribution >= 4 is 70.5 Å². The number of ketones is 3. The summed E-state index contributed by atoms with van der Waals surface area (Å²) in [6.07, 6.45) is 2.89. The molecule has 0 spiro atoms. The normalized spacial score (nSPS) is 17.7. The number of amides is 8. The Labute approximate surface area is 588 Å². The summed E-state index contributed by atoms with van der Waals surface area (Å²) in [4.78, 5) is 155. The molecule has 0 aromatic heterocycles. The second-order valence-corrected chi connectivity index (χ2v) is 28.9. The van der Waals surface area contributed by atoms with Crippen LogP contribution >= 0.6 is 0 Å². The molecule has 2 fully saturated rings. The van der Waals surface area contributed by atoms with Crippen molar-refractivity contribution < 1.29 is 72.1 Å². The highest BCUT2D eigenvalue weighted by Crippen LogP contribution is 2.32. The number of anilines is 1. The monoisotopic (exact) mass is 1390 g/mol. The first-order valence-corrected chi connectivity index (χ1v) is 35.8. The van der Waals surface area contributed by atoms with E-state index in [1.165, 1.54) is 0 Å². The standard InChI is InChI=1S/C75H119N9O15/c1-16-49(8)69(82(13)73(93)58(46(2)3)42-61(86)68(48(6)7)81(11)12)63(97-14)43-66(90)84-36-22-26-59(84)70(98-15)51(10)71(91)79-57(40-52-23-18-17-19-24-52)39-50(9)62(87)45-99-44-53-29-31-56(32-30-53)78-72(92)55(25-21-35-77-75(76)96)41-60(85)67(47(4)5)80-64(88)27-20-28-65(89)83-37-33-54(34-38-83)74(94)95/h17-19,23-24,29-32,46-51,54-55,57-59,63,67-70H,16,20-22,25-28,33-45H2,1-15H3,(H,78,92)(H,79,91)(H,80,88)(H,94,95)(H3,76,77,96)/t49-,50-,51+,55-,57+,58-,59-,63+,67+,68-,69-,70+/m0/s1. The van der Waals surface area contributed by atoms with E-state index in [1.54, 1.807) is 81.0 Å². The Hall–Kier alpha value is -7.15. The average Bonchev–Trinajstić information content (AvgIpc) is 1.80. The van der Waals surface area contributed by atoms with Crippen molar-refractivity contribution in [2.24, 2.45) is 59.0 Å². The van der Waals surface area contributed by atoms with Gasteiger partial charge in [-0.1, -0.05) is 118 Å². The molecular formula is C75H119N9O15. The number of hydrogen-bond donors (Lipinski definition) is 6. The third-order valence-electron chi connectivity index (χ3n) is 20.1. The van der Waals surface area contributed by atoms with Crippen molar-refractivity contribution in [3.8, 4) is 0 Å². The molecule has 99 heavy (non-hydrogen) atoms. The van der Waals surface area contributed by atoms with Crippen molar-refractivity contribution in [3.63, 3.8) is 0 Å². The van der Waals surface area contributed by atoms with E-state index < -0.39 is 89.8 Å². The summed E-state index contributed by atoms with van der Waals surface area (Å²) in [5.41, 5.74) is 7.39. The predicted molar refractivity (Wildman–Crippen MR) is 379 cm³/mol. The number of carboxylic acids is 1. The first-order chi connectivity index (χ1) is 46.8. The van der Waals surface area contributed by atoms with Crippen molar-refractivity contribution in [2.45, 2.75) is 215 Å². The summed E-state index contributed by atoms with van der Waals surface area (Å²) in [5, 5.41) is 20.7. The first kappa shape index (κ1) is 84.3. The number of nitrogens with two attached hydrogens (primary N) is 1. The molecule has 2 saturated heterocycles. The van der Waals surface area contributed by atoms with Gasteiger partial charge in [0.2, 0.25) is 35.4 Å². The van der Waals surface area contributed by atoms with Crippen LogP contribution in [0.4, 0.5) is 10.5 Å². The lowest BCUT2D eigenvalue weighted by atomic mass is 9.83. The maximum Gasteiger partial charge on any atom is 0.312 e. The van der Waals surface area contributed by atoms with Gasteiger partial charge in [0, 0.05) is 103 Å². The maximum absolute atomic E-state index is 14.7. The highest BCUT2D eigenvalue weighted by molar-refractivity contribution is 5.97. The van der Waals surface area contributed by atoms with Crippen LogP contribution in [0.2, 0.25) is 0 Å². The highest BCUT2D eigenvalue weighted by Gasteiger charge is 2.44. The quantitative estimate of drug-likeness (QED) is 0.0344. The summed E-state index contributed by atoms with van der Waals surface area (Å²) >= 11 is 0. The summed E-state index contributed by atoms with van der Waals surface area (Å²) in [6, 6.07) is 13.2. The minimum atomic E-state index is -0.917. The molecule has 0 unspecified atom stereocenters. The Morgan fingerprint density at radius 3 is 1.92 bits per heavy atom. The fourth-order valence-corrected chi connectivity index (χ4v) is 14.1. The van der Waals surface area contributed by atoms with Crippen molar-refractivity contribution in [1.29, 1.82) is 0 Å². The van der Waals surface area contributed by atoms with Gasteiger partial charge in [0.1, 0.15) is 6.61 Å². The summed E-state index contributed by atoms with van der Waals surface area (Å²) < 4.78 is 18.2. The van der Waals surface area contributed by atoms with Gasteiger partial charge >= 0.3 is 12.0 Å². The molecule has 7 N–H and O–H groups in total. The van der Waals surface area contributed by atoms with Crippen LogP contribution in [-0.2, 0) is 75.2 Å². The van der Waals surface area contributed by atoms with E-state index in [-0.39, 0.29) is 135 Å².